The van der Waals surface area contributed by atoms with E-state index in [0.717, 1.165) is 11.3 Å². The number of allylic oxidation sites excluding steroid dienone is 1. The fourth-order valence-electron chi connectivity index (χ4n) is 3.63. The molecular formula is C21H31N3O6. The van der Waals surface area contributed by atoms with Gasteiger partial charge in [0.05, 0.1) is 18.4 Å². The summed E-state index contributed by atoms with van der Waals surface area (Å²) in [6.45, 7) is 11.8. The number of aromatic nitrogens is 1. The Morgan fingerprint density at radius 1 is 1.20 bits per heavy atom. The average Bonchev–Trinajstić information content (AvgIpc) is 2.92. The Morgan fingerprint density at radius 2 is 1.93 bits per heavy atom. The molecule has 1 aromatic heterocycles. The highest BCUT2D eigenvalue weighted by Crippen LogP contribution is 2.20. The van der Waals surface area contributed by atoms with E-state index in [1.807, 2.05) is 13.8 Å². The second-order valence-corrected chi connectivity index (χ2v) is 8.20. The highest BCUT2D eigenvalue weighted by atomic mass is 16.6. The summed E-state index contributed by atoms with van der Waals surface area (Å²) in [4.78, 5) is 29.2. The minimum atomic E-state index is -0.349. The van der Waals surface area contributed by atoms with Gasteiger partial charge in [-0.25, -0.2) is 0 Å². The van der Waals surface area contributed by atoms with Crippen molar-refractivity contribution < 1.29 is 28.3 Å². The molecule has 2 aliphatic rings. The van der Waals surface area contributed by atoms with Gasteiger partial charge in [0.15, 0.2) is 0 Å². The molecule has 0 spiro atoms. The van der Waals surface area contributed by atoms with Crippen molar-refractivity contribution >= 4 is 11.8 Å². The summed E-state index contributed by atoms with van der Waals surface area (Å²) in [5.41, 5.74) is 1.67. The molecule has 1 saturated heterocycles. The standard InChI is InChI=1S/C21H31N3O6/c1-13(2)8-23-9-17(29-12-18-14(3)22-30-15(18)4)10-24(11-19(23)25)21(26)20-16(5)27-6-7-28-20/h13,17H,6-12H2,1-5H3/t17-/m1/s1. The van der Waals surface area contributed by atoms with Gasteiger partial charge in [-0.05, 0) is 26.7 Å². The highest BCUT2D eigenvalue weighted by molar-refractivity contribution is 5.95. The Balaban J connectivity index is 1.78. The SMILES string of the molecule is CC1=C(C(=O)N2CC(=O)N(CC(C)C)C[C@@H](OCc3c(C)noc3C)C2)OCCO1. The van der Waals surface area contributed by atoms with Crippen LogP contribution in [0.3, 0.4) is 0 Å². The molecule has 0 aliphatic carbocycles. The number of amides is 2. The van der Waals surface area contributed by atoms with Crippen molar-refractivity contribution in [3.05, 3.63) is 28.5 Å². The van der Waals surface area contributed by atoms with Crippen molar-refractivity contribution in [2.45, 2.75) is 47.3 Å². The number of carbonyl (C=O) groups is 2. The zero-order valence-corrected chi connectivity index (χ0v) is 18.4. The lowest BCUT2D eigenvalue weighted by atomic mass is 10.2. The molecule has 1 fully saturated rings. The fourth-order valence-corrected chi connectivity index (χ4v) is 3.63. The maximum atomic E-state index is 13.1. The average molecular weight is 421 g/mol. The van der Waals surface area contributed by atoms with Gasteiger partial charge in [0.1, 0.15) is 31.3 Å². The zero-order chi connectivity index (χ0) is 21.8. The molecule has 0 unspecified atom stereocenters. The molecule has 2 amide bonds. The fraction of sp³-hybridized carbons (Fsp3) is 0.667. The van der Waals surface area contributed by atoms with Gasteiger partial charge in [-0.1, -0.05) is 19.0 Å². The van der Waals surface area contributed by atoms with Gasteiger partial charge in [0.25, 0.3) is 5.91 Å². The van der Waals surface area contributed by atoms with Gasteiger partial charge in [-0.15, -0.1) is 0 Å². The summed E-state index contributed by atoms with van der Waals surface area (Å²) in [6.07, 6.45) is -0.349. The van der Waals surface area contributed by atoms with E-state index in [2.05, 4.69) is 19.0 Å². The Labute approximate surface area is 176 Å². The first-order valence-corrected chi connectivity index (χ1v) is 10.3. The van der Waals surface area contributed by atoms with Crippen molar-refractivity contribution in [1.29, 1.82) is 0 Å². The van der Waals surface area contributed by atoms with E-state index in [4.69, 9.17) is 18.7 Å². The van der Waals surface area contributed by atoms with Gasteiger partial charge in [0, 0.05) is 25.2 Å². The van der Waals surface area contributed by atoms with E-state index in [1.165, 1.54) is 4.90 Å². The second kappa shape index (κ2) is 9.51. The van der Waals surface area contributed by atoms with Crippen LogP contribution in [-0.2, 0) is 30.4 Å². The summed E-state index contributed by atoms with van der Waals surface area (Å²) in [5, 5.41) is 3.96. The molecule has 0 N–H and O–H groups in total. The topological polar surface area (TPSA) is 94.3 Å². The first-order chi connectivity index (χ1) is 14.3. The van der Waals surface area contributed by atoms with Crippen LogP contribution in [0.25, 0.3) is 0 Å². The lowest BCUT2D eigenvalue weighted by molar-refractivity contribution is -0.139. The number of rotatable bonds is 6. The molecule has 9 heteroatoms. The second-order valence-electron chi connectivity index (χ2n) is 8.20. The first kappa shape index (κ1) is 22.1. The van der Waals surface area contributed by atoms with E-state index in [9.17, 15) is 9.59 Å². The minimum absolute atomic E-state index is 0.0170. The van der Waals surface area contributed by atoms with Gasteiger partial charge >= 0.3 is 0 Å². The molecule has 3 rings (SSSR count). The maximum Gasteiger partial charge on any atom is 0.293 e. The third-order valence-electron chi connectivity index (χ3n) is 5.21. The molecule has 0 aromatic carbocycles. The quantitative estimate of drug-likeness (QED) is 0.691. The molecule has 1 aromatic rings. The largest absolute Gasteiger partial charge is 0.491 e. The van der Waals surface area contributed by atoms with Gasteiger partial charge in [-0.3, -0.25) is 9.59 Å². The lowest BCUT2D eigenvalue weighted by Crippen LogP contribution is -2.42. The number of aryl methyl sites for hydroxylation is 2. The monoisotopic (exact) mass is 421 g/mol. The van der Waals surface area contributed by atoms with Crippen LogP contribution < -0.4 is 0 Å². The lowest BCUT2D eigenvalue weighted by Gasteiger charge is -2.27. The van der Waals surface area contributed by atoms with Crippen molar-refractivity contribution in [2.75, 3.05) is 39.4 Å². The molecule has 9 nitrogen and oxygen atoms in total. The maximum absolute atomic E-state index is 13.1. The third kappa shape index (κ3) is 5.13. The van der Waals surface area contributed by atoms with E-state index < -0.39 is 0 Å². The molecule has 166 valence electrons. The third-order valence-corrected chi connectivity index (χ3v) is 5.21. The smallest absolute Gasteiger partial charge is 0.293 e. The van der Waals surface area contributed by atoms with Crippen LogP contribution >= 0.6 is 0 Å². The molecular weight excluding hydrogens is 390 g/mol. The summed E-state index contributed by atoms with van der Waals surface area (Å²) in [6, 6.07) is 0. The van der Waals surface area contributed by atoms with Crippen LogP contribution in [0.15, 0.2) is 16.0 Å². The Hall–Kier alpha value is -2.55. The highest BCUT2D eigenvalue weighted by Gasteiger charge is 2.34. The molecule has 1 atom stereocenters. The normalized spacial score (nSPS) is 20.3. The van der Waals surface area contributed by atoms with Crippen LogP contribution in [0.1, 0.15) is 37.8 Å². The van der Waals surface area contributed by atoms with Gasteiger partial charge < -0.3 is 28.5 Å². The predicted molar refractivity (Wildman–Crippen MR) is 107 cm³/mol. The minimum Gasteiger partial charge on any atom is -0.491 e. The molecule has 0 bridgehead atoms. The number of nitrogens with zero attached hydrogens (tertiary/aromatic N) is 3. The van der Waals surface area contributed by atoms with Crippen LogP contribution in [0, 0.1) is 19.8 Å². The van der Waals surface area contributed by atoms with Crippen LogP contribution in [0.4, 0.5) is 0 Å². The number of ether oxygens (including phenoxy) is 3. The molecule has 2 aliphatic heterocycles. The van der Waals surface area contributed by atoms with E-state index >= 15 is 0 Å². The predicted octanol–water partition coefficient (Wildman–Crippen LogP) is 1.78. The van der Waals surface area contributed by atoms with Gasteiger partial charge in [0.2, 0.25) is 11.7 Å². The molecule has 3 heterocycles. The summed E-state index contributed by atoms with van der Waals surface area (Å²) in [5.74, 6) is 1.16. The van der Waals surface area contributed by atoms with Crippen molar-refractivity contribution in [3.8, 4) is 0 Å². The van der Waals surface area contributed by atoms with Gasteiger partial charge in [-0.2, -0.15) is 0 Å². The van der Waals surface area contributed by atoms with Crippen molar-refractivity contribution in [3.63, 3.8) is 0 Å². The first-order valence-electron chi connectivity index (χ1n) is 10.3. The van der Waals surface area contributed by atoms with E-state index in [-0.39, 0.29) is 36.8 Å². The Kier molecular flexibility index (Phi) is 7.02. The van der Waals surface area contributed by atoms with Crippen LogP contribution in [0.5, 0.6) is 0 Å². The Morgan fingerprint density at radius 3 is 2.57 bits per heavy atom. The van der Waals surface area contributed by atoms with Crippen LogP contribution in [-0.4, -0.2) is 72.3 Å². The molecule has 30 heavy (non-hydrogen) atoms. The molecule has 0 saturated carbocycles. The summed E-state index contributed by atoms with van der Waals surface area (Å²) in [7, 11) is 0. The number of hydrogen-bond acceptors (Lipinski definition) is 7. The molecule has 0 radical (unpaired) electrons. The number of carbonyl (C=O) groups excluding carboxylic acids is 2. The van der Waals surface area contributed by atoms with E-state index in [1.54, 1.807) is 11.8 Å². The van der Waals surface area contributed by atoms with E-state index in [0.29, 0.717) is 50.3 Å². The van der Waals surface area contributed by atoms with Crippen molar-refractivity contribution in [2.24, 2.45) is 5.92 Å². The summed E-state index contributed by atoms with van der Waals surface area (Å²) >= 11 is 0. The Bertz CT molecular complexity index is 796. The zero-order valence-electron chi connectivity index (χ0n) is 18.4. The summed E-state index contributed by atoms with van der Waals surface area (Å²) < 4.78 is 22.3. The van der Waals surface area contributed by atoms with Crippen molar-refractivity contribution in [1.82, 2.24) is 15.0 Å². The number of hydrogen-bond donors (Lipinski definition) is 0. The van der Waals surface area contributed by atoms with Crippen LogP contribution in [0.2, 0.25) is 0 Å².